The molecule has 3 aromatic rings. The van der Waals surface area contributed by atoms with Crippen molar-refractivity contribution < 1.29 is 9.59 Å². The number of likely N-dealkylation sites (tertiary alicyclic amines) is 1. The van der Waals surface area contributed by atoms with Crippen molar-refractivity contribution >= 4 is 23.4 Å². The van der Waals surface area contributed by atoms with Gasteiger partial charge in [-0.25, -0.2) is 4.79 Å². The van der Waals surface area contributed by atoms with Crippen LogP contribution in [-0.2, 0) is 6.54 Å². The SMILES string of the molecule is CC(C)CCn1ccc(NC(=O)N2CCCC(c3[nH]ncc3NC(=O)c3ccccc3)C2)n1. The van der Waals surface area contributed by atoms with E-state index < -0.39 is 0 Å². The smallest absolute Gasteiger partial charge is 0.323 e. The highest BCUT2D eigenvalue weighted by Crippen LogP contribution is 2.30. The molecule has 0 bridgehead atoms. The lowest BCUT2D eigenvalue weighted by molar-refractivity contribution is 0.102. The first kappa shape index (κ1) is 22.6. The number of H-pyrrole nitrogens is 1. The van der Waals surface area contributed by atoms with Crippen LogP contribution in [0.25, 0.3) is 0 Å². The van der Waals surface area contributed by atoms with Crippen molar-refractivity contribution in [2.75, 3.05) is 23.7 Å². The molecular weight excluding hydrogens is 418 g/mol. The third kappa shape index (κ3) is 5.79. The van der Waals surface area contributed by atoms with Crippen LogP contribution in [0.15, 0.2) is 48.8 Å². The van der Waals surface area contributed by atoms with Gasteiger partial charge in [-0.05, 0) is 37.3 Å². The Morgan fingerprint density at radius 1 is 1.18 bits per heavy atom. The average Bonchev–Trinajstić information content (AvgIpc) is 3.47. The zero-order chi connectivity index (χ0) is 23.2. The minimum atomic E-state index is -0.184. The molecule has 1 unspecified atom stereocenters. The molecule has 3 amide bonds. The van der Waals surface area contributed by atoms with E-state index in [9.17, 15) is 9.59 Å². The summed E-state index contributed by atoms with van der Waals surface area (Å²) in [6.45, 7) is 6.40. The summed E-state index contributed by atoms with van der Waals surface area (Å²) in [5.41, 5.74) is 2.08. The quantitative estimate of drug-likeness (QED) is 0.499. The van der Waals surface area contributed by atoms with E-state index in [1.165, 1.54) is 0 Å². The molecule has 2 aromatic heterocycles. The molecule has 174 valence electrons. The Morgan fingerprint density at radius 2 is 2.00 bits per heavy atom. The molecule has 0 radical (unpaired) electrons. The number of rotatable bonds is 7. The first-order valence-corrected chi connectivity index (χ1v) is 11.5. The Bertz CT molecular complexity index is 1070. The number of amides is 3. The van der Waals surface area contributed by atoms with Crippen LogP contribution in [0.4, 0.5) is 16.3 Å². The number of aryl methyl sites for hydroxylation is 1. The monoisotopic (exact) mass is 449 g/mol. The molecular formula is C24H31N7O2. The predicted octanol–water partition coefficient (Wildman–Crippen LogP) is 4.32. The van der Waals surface area contributed by atoms with E-state index in [0.717, 1.165) is 31.5 Å². The third-order valence-electron chi connectivity index (χ3n) is 5.88. The molecule has 1 atom stereocenters. The van der Waals surface area contributed by atoms with E-state index in [2.05, 4.69) is 39.8 Å². The Morgan fingerprint density at radius 3 is 2.79 bits per heavy atom. The highest BCUT2D eigenvalue weighted by molar-refractivity contribution is 6.04. The van der Waals surface area contributed by atoms with E-state index in [1.807, 2.05) is 35.1 Å². The van der Waals surface area contributed by atoms with Gasteiger partial charge in [0.1, 0.15) is 0 Å². The largest absolute Gasteiger partial charge is 0.324 e. The minimum Gasteiger partial charge on any atom is -0.324 e. The van der Waals surface area contributed by atoms with Crippen LogP contribution in [0.2, 0.25) is 0 Å². The van der Waals surface area contributed by atoms with Crippen LogP contribution < -0.4 is 10.6 Å². The van der Waals surface area contributed by atoms with Crippen molar-refractivity contribution in [2.24, 2.45) is 5.92 Å². The Labute approximate surface area is 193 Å². The Balaban J connectivity index is 1.37. The van der Waals surface area contributed by atoms with Crippen molar-refractivity contribution in [2.45, 2.75) is 45.6 Å². The second-order valence-corrected chi connectivity index (χ2v) is 8.88. The molecule has 1 saturated heterocycles. The predicted molar refractivity (Wildman–Crippen MR) is 127 cm³/mol. The van der Waals surface area contributed by atoms with E-state index in [4.69, 9.17) is 0 Å². The van der Waals surface area contributed by atoms with E-state index in [1.54, 1.807) is 23.2 Å². The average molecular weight is 450 g/mol. The Hall–Kier alpha value is -3.62. The van der Waals surface area contributed by atoms with Crippen molar-refractivity contribution in [1.29, 1.82) is 0 Å². The van der Waals surface area contributed by atoms with Gasteiger partial charge in [-0.2, -0.15) is 10.2 Å². The highest BCUT2D eigenvalue weighted by atomic mass is 16.2. The van der Waals surface area contributed by atoms with Gasteiger partial charge in [0, 0.05) is 43.4 Å². The van der Waals surface area contributed by atoms with Gasteiger partial charge >= 0.3 is 6.03 Å². The molecule has 9 heteroatoms. The second kappa shape index (κ2) is 10.3. The number of carbonyl (C=O) groups is 2. The first-order valence-electron chi connectivity index (χ1n) is 11.5. The number of aromatic nitrogens is 4. The van der Waals surface area contributed by atoms with Crippen LogP contribution >= 0.6 is 0 Å². The van der Waals surface area contributed by atoms with Gasteiger partial charge in [0.25, 0.3) is 5.91 Å². The molecule has 0 saturated carbocycles. The molecule has 4 rings (SSSR count). The van der Waals surface area contributed by atoms with Crippen molar-refractivity contribution in [3.8, 4) is 0 Å². The lowest BCUT2D eigenvalue weighted by atomic mass is 9.94. The van der Waals surface area contributed by atoms with Gasteiger partial charge in [0.2, 0.25) is 0 Å². The summed E-state index contributed by atoms with van der Waals surface area (Å²) in [6, 6.07) is 10.7. The van der Waals surface area contributed by atoms with Crippen LogP contribution in [0.1, 0.15) is 55.1 Å². The van der Waals surface area contributed by atoms with E-state index in [0.29, 0.717) is 36.1 Å². The topological polar surface area (TPSA) is 108 Å². The number of urea groups is 1. The highest BCUT2D eigenvalue weighted by Gasteiger charge is 2.28. The van der Waals surface area contributed by atoms with Gasteiger partial charge in [0.15, 0.2) is 5.82 Å². The van der Waals surface area contributed by atoms with E-state index >= 15 is 0 Å². The van der Waals surface area contributed by atoms with Crippen molar-refractivity contribution in [3.05, 3.63) is 60.0 Å². The molecule has 33 heavy (non-hydrogen) atoms. The number of piperidine rings is 1. The number of benzene rings is 1. The zero-order valence-electron chi connectivity index (χ0n) is 19.1. The zero-order valence-corrected chi connectivity index (χ0v) is 19.1. The molecule has 9 nitrogen and oxygen atoms in total. The van der Waals surface area contributed by atoms with Gasteiger partial charge in [-0.3, -0.25) is 19.9 Å². The molecule has 1 aliphatic heterocycles. The maximum Gasteiger partial charge on any atom is 0.323 e. The number of hydrogen-bond acceptors (Lipinski definition) is 4. The first-order chi connectivity index (χ1) is 16.0. The van der Waals surface area contributed by atoms with Crippen molar-refractivity contribution in [3.63, 3.8) is 0 Å². The summed E-state index contributed by atoms with van der Waals surface area (Å²) in [4.78, 5) is 27.2. The summed E-state index contributed by atoms with van der Waals surface area (Å²) in [6.07, 6.45) is 6.33. The van der Waals surface area contributed by atoms with Gasteiger partial charge < -0.3 is 10.2 Å². The fourth-order valence-electron chi connectivity index (χ4n) is 4.02. The molecule has 3 heterocycles. The molecule has 1 fully saturated rings. The minimum absolute atomic E-state index is 0.0571. The summed E-state index contributed by atoms with van der Waals surface area (Å²) in [7, 11) is 0. The number of nitrogens with zero attached hydrogens (tertiary/aromatic N) is 4. The maximum atomic E-state index is 12.9. The van der Waals surface area contributed by atoms with Gasteiger partial charge in [-0.1, -0.05) is 32.0 Å². The van der Waals surface area contributed by atoms with Gasteiger partial charge in [0.05, 0.1) is 17.6 Å². The summed E-state index contributed by atoms with van der Waals surface area (Å²) in [5, 5.41) is 17.5. The summed E-state index contributed by atoms with van der Waals surface area (Å²) >= 11 is 0. The van der Waals surface area contributed by atoms with Crippen LogP contribution in [0, 0.1) is 5.92 Å². The number of anilines is 2. The number of nitrogens with one attached hydrogen (secondary N) is 3. The molecule has 3 N–H and O–H groups in total. The lowest BCUT2D eigenvalue weighted by Gasteiger charge is -2.32. The normalized spacial score (nSPS) is 16.1. The fourth-order valence-corrected chi connectivity index (χ4v) is 4.02. The Kier molecular flexibility index (Phi) is 7.07. The third-order valence-corrected chi connectivity index (χ3v) is 5.88. The molecule has 1 aliphatic rings. The second-order valence-electron chi connectivity index (χ2n) is 8.88. The standard InChI is InChI=1S/C24H31N7O2/c1-17(2)10-13-31-14-11-21(29-31)27-24(33)30-12-6-9-19(16-30)22-20(15-25-28-22)26-23(32)18-7-4-3-5-8-18/h3-5,7-8,11,14-15,17,19H,6,9-10,12-13,16H2,1-2H3,(H,25,28)(H,26,32)(H,27,29,33). The number of carbonyl (C=O) groups excluding carboxylic acids is 2. The summed E-state index contributed by atoms with van der Waals surface area (Å²) in [5.74, 6) is 1.03. The fraction of sp³-hybridized carbons (Fsp3) is 0.417. The van der Waals surface area contributed by atoms with Crippen LogP contribution in [-0.4, -0.2) is 49.9 Å². The molecule has 1 aromatic carbocycles. The lowest BCUT2D eigenvalue weighted by Crippen LogP contribution is -2.42. The van der Waals surface area contributed by atoms with Crippen LogP contribution in [0.5, 0.6) is 0 Å². The summed E-state index contributed by atoms with van der Waals surface area (Å²) < 4.78 is 1.86. The maximum absolute atomic E-state index is 12.9. The van der Waals surface area contributed by atoms with Crippen LogP contribution in [0.3, 0.4) is 0 Å². The molecule has 0 aliphatic carbocycles. The number of aromatic amines is 1. The van der Waals surface area contributed by atoms with E-state index in [-0.39, 0.29) is 17.9 Å². The molecule has 0 spiro atoms. The van der Waals surface area contributed by atoms with Gasteiger partial charge in [-0.15, -0.1) is 0 Å². The van der Waals surface area contributed by atoms with Crippen molar-refractivity contribution in [1.82, 2.24) is 24.9 Å². The number of hydrogen-bond donors (Lipinski definition) is 3.